The third-order valence-corrected chi connectivity index (χ3v) is 2.89. The van der Waals surface area contributed by atoms with E-state index in [4.69, 9.17) is 0 Å². The molecule has 0 aliphatic carbocycles. The molecule has 1 unspecified atom stereocenters. The van der Waals surface area contributed by atoms with Crippen LogP contribution in [0, 0.1) is 13.8 Å². The van der Waals surface area contributed by atoms with Gasteiger partial charge in [-0.3, -0.25) is 4.79 Å². The summed E-state index contributed by atoms with van der Waals surface area (Å²) in [5.74, 6) is -0.840. The average molecular weight is 237 g/mol. The summed E-state index contributed by atoms with van der Waals surface area (Å²) < 4.78 is 1.74. The molecule has 0 aromatic carbocycles. The number of carbonyl (C=O) groups is 1. The van der Waals surface area contributed by atoms with Gasteiger partial charge in [0.25, 0.3) is 0 Å². The van der Waals surface area contributed by atoms with Gasteiger partial charge in [-0.15, -0.1) is 0 Å². The SMILES string of the molecule is CCCCC(C(=O)O)n1c(C)cc(=O)cc1C. The van der Waals surface area contributed by atoms with Crippen LogP contribution in [0.5, 0.6) is 0 Å². The molecule has 0 spiro atoms. The molecular weight excluding hydrogens is 218 g/mol. The van der Waals surface area contributed by atoms with E-state index in [0.717, 1.165) is 12.8 Å². The summed E-state index contributed by atoms with van der Waals surface area (Å²) in [4.78, 5) is 22.6. The van der Waals surface area contributed by atoms with Crippen molar-refractivity contribution in [1.29, 1.82) is 0 Å². The van der Waals surface area contributed by atoms with Crippen molar-refractivity contribution in [3.05, 3.63) is 33.7 Å². The molecule has 0 aliphatic rings. The van der Waals surface area contributed by atoms with Crippen molar-refractivity contribution in [3.63, 3.8) is 0 Å². The van der Waals surface area contributed by atoms with Gasteiger partial charge in [-0.05, 0) is 20.3 Å². The molecule has 1 aromatic heterocycles. The molecule has 94 valence electrons. The Morgan fingerprint density at radius 1 is 1.35 bits per heavy atom. The van der Waals surface area contributed by atoms with Crippen LogP contribution in [0.1, 0.15) is 43.6 Å². The Kier molecular flexibility index (Phi) is 4.49. The van der Waals surface area contributed by atoms with Crippen LogP contribution >= 0.6 is 0 Å². The number of pyridine rings is 1. The number of aliphatic carboxylic acids is 1. The lowest BCUT2D eigenvalue weighted by Crippen LogP contribution is -2.24. The fraction of sp³-hybridized carbons (Fsp3) is 0.538. The summed E-state index contributed by atoms with van der Waals surface area (Å²) in [6.45, 7) is 5.58. The van der Waals surface area contributed by atoms with Gasteiger partial charge in [-0.1, -0.05) is 19.8 Å². The second-order valence-electron chi connectivity index (χ2n) is 4.34. The van der Waals surface area contributed by atoms with E-state index in [1.807, 2.05) is 6.92 Å². The lowest BCUT2D eigenvalue weighted by Gasteiger charge is -2.21. The lowest BCUT2D eigenvalue weighted by molar-refractivity contribution is -0.141. The van der Waals surface area contributed by atoms with Crippen molar-refractivity contribution >= 4 is 5.97 Å². The number of nitrogens with zero attached hydrogens (tertiary/aromatic N) is 1. The average Bonchev–Trinajstić information content (AvgIpc) is 2.20. The zero-order valence-electron chi connectivity index (χ0n) is 10.6. The van der Waals surface area contributed by atoms with Gasteiger partial charge < -0.3 is 9.67 Å². The highest BCUT2D eigenvalue weighted by Crippen LogP contribution is 2.19. The Morgan fingerprint density at radius 2 is 1.88 bits per heavy atom. The molecule has 0 saturated heterocycles. The Balaban J connectivity index is 3.18. The van der Waals surface area contributed by atoms with Crippen molar-refractivity contribution in [3.8, 4) is 0 Å². The van der Waals surface area contributed by atoms with Crippen LogP contribution in [0.15, 0.2) is 16.9 Å². The predicted octanol–water partition coefficient (Wildman–Crippen LogP) is 2.28. The van der Waals surface area contributed by atoms with Gasteiger partial charge >= 0.3 is 5.97 Å². The van der Waals surface area contributed by atoms with Crippen molar-refractivity contribution in [2.75, 3.05) is 0 Å². The third-order valence-electron chi connectivity index (χ3n) is 2.89. The summed E-state index contributed by atoms with van der Waals surface area (Å²) in [5, 5.41) is 9.27. The minimum atomic E-state index is -0.840. The molecular formula is C13H19NO3. The maximum atomic E-state index is 11.3. The second-order valence-corrected chi connectivity index (χ2v) is 4.34. The first-order chi connectivity index (χ1) is 7.97. The molecule has 0 saturated carbocycles. The molecule has 1 rings (SSSR count). The standard InChI is InChI=1S/C13H19NO3/c1-4-5-6-12(13(16)17)14-9(2)7-11(15)8-10(14)3/h7-8,12H,4-6H2,1-3H3,(H,16,17). The molecule has 0 amide bonds. The number of hydrogen-bond donors (Lipinski definition) is 1. The van der Waals surface area contributed by atoms with Crippen molar-refractivity contribution in [2.45, 2.75) is 46.1 Å². The molecule has 4 heteroatoms. The van der Waals surface area contributed by atoms with Crippen LogP contribution in [0.3, 0.4) is 0 Å². The van der Waals surface area contributed by atoms with Crippen LogP contribution in [-0.4, -0.2) is 15.6 Å². The fourth-order valence-corrected chi connectivity index (χ4v) is 2.12. The van der Waals surface area contributed by atoms with E-state index in [1.54, 1.807) is 18.4 Å². The normalized spacial score (nSPS) is 12.4. The van der Waals surface area contributed by atoms with Crippen LogP contribution in [0.25, 0.3) is 0 Å². The molecule has 0 fully saturated rings. The van der Waals surface area contributed by atoms with Gasteiger partial charge in [0.15, 0.2) is 5.43 Å². The molecule has 4 nitrogen and oxygen atoms in total. The van der Waals surface area contributed by atoms with E-state index in [1.165, 1.54) is 12.1 Å². The van der Waals surface area contributed by atoms with Gasteiger partial charge in [-0.2, -0.15) is 0 Å². The minimum absolute atomic E-state index is 0.0733. The zero-order valence-corrected chi connectivity index (χ0v) is 10.6. The number of hydrogen-bond acceptors (Lipinski definition) is 2. The Morgan fingerprint density at radius 3 is 2.29 bits per heavy atom. The van der Waals surface area contributed by atoms with E-state index in [-0.39, 0.29) is 5.43 Å². The molecule has 1 atom stereocenters. The van der Waals surface area contributed by atoms with Crippen LogP contribution in [-0.2, 0) is 4.79 Å². The number of unbranched alkanes of at least 4 members (excludes halogenated alkanes) is 1. The van der Waals surface area contributed by atoms with Gasteiger partial charge in [0, 0.05) is 23.5 Å². The van der Waals surface area contributed by atoms with Crippen molar-refractivity contribution in [2.24, 2.45) is 0 Å². The predicted molar refractivity (Wildman–Crippen MR) is 66.4 cm³/mol. The lowest BCUT2D eigenvalue weighted by atomic mass is 10.1. The van der Waals surface area contributed by atoms with E-state index >= 15 is 0 Å². The summed E-state index contributed by atoms with van der Waals surface area (Å²) in [6, 6.07) is 2.39. The number of aryl methyl sites for hydroxylation is 2. The molecule has 0 radical (unpaired) electrons. The summed E-state index contributed by atoms with van der Waals surface area (Å²) >= 11 is 0. The summed E-state index contributed by atoms with van der Waals surface area (Å²) in [5.41, 5.74) is 1.34. The van der Waals surface area contributed by atoms with Gasteiger partial charge in [-0.25, -0.2) is 4.79 Å². The summed E-state index contributed by atoms with van der Waals surface area (Å²) in [7, 11) is 0. The highest BCUT2D eigenvalue weighted by molar-refractivity contribution is 5.72. The van der Waals surface area contributed by atoms with Crippen LogP contribution < -0.4 is 5.43 Å². The Hall–Kier alpha value is -1.58. The second kappa shape index (κ2) is 5.66. The smallest absolute Gasteiger partial charge is 0.326 e. The first-order valence-corrected chi connectivity index (χ1v) is 5.90. The first kappa shape index (κ1) is 13.5. The van der Waals surface area contributed by atoms with Gasteiger partial charge in [0.2, 0.25) is 0 Å². The Labute approximate surface area is 101 Å². The monoisotopic (exact) mass is 237 g/mol. The van der Waals surface area contributed by atoms with Crippen LogP contribution in [0.2, 0.25) is 0 Å². The maximum Gasteiger partial charge on any atom is 0.326 e. The molecule has 1 aromatic rings. The zero-order chi connectivity index (χ0) is 13.0. The molecule has 0 aliphatic heterocycles. The molecule has 17 heavy (non-hydrogen) atoms. The Bertz CT molecular complexity index is 436. The van der Waals surface area contributed by atoms with E-state index in [9.17, 15) is 14.7 Å². The fourth-order valence-electron chi connectivity index (χ4n) is 2.12. The quantitative estimate of drug-likeness (QED) is 0.854. The van der Waals surface area contributed by atoms with Gasteiger partial charge in [0.05, 0.1) is 0 Å². The minimum Gasteiger partial charge on any atom is -0.480 e. The molecule has 0 bridgehead atoms. The third kappa shape index (κ3) is 3.19. The van der Waals surface area contributed by atoms with Crippen molar-refractivity contribution < 1.29 is 9.90 Å². The number of carboxylic acid groups (broad SMARTS) is 1. The summed E-state index contributed by atoms with van der Waals surface area (Å²) in [6.07, 6.45) is 2.42. The van der Waals surface area contributed by atoms with Crippen LogP contribution in [0.4, 0.5) is 0 Å². The first-order valence-electron chi connectivity index (χ1n) is 5.90. The number of aromatic nitrogens is 1. The molecule has 1 heterocycles. The van der Waals surface area contributed by atoms with Gasteiger partial charge in [0.1, 0.15) is 6.04 Å². The van der Waals surface area contributed by atoms with E-state index in [0.29, 0.717) is 17.8 Å². The largest absolute Gasteiger partial charge is 0.480 e. The number of rotatable bonds is 5. The topological polar surface area (TPSA) is 59.3 Å². The maximum absolute atomic E-state index is 11.3. The highest BCUT2D eigenvalue weighted by atomic mass is 16.4. The van der Waals surface area contributed by atoms with E-state index < -0.39 is 12.0 Å². The van der Waals surface area contributed by atoms with Crippen molar-refractivity contribution in [1.82, 2.24) is 4.57 Å². The molecule has 1 N–H and O–H groups in total. The highest BCUT2D eigenvalue weighted by Gasteiger charge is 2.20. The van der Waals surface area contributed by atoms with E-state index in [2.05, 4.69) is 0 Å². The number of carboxylic acids is 1.